The zero-order valence-electron chi connectivity index (χ0n) is 71.6. The predicted octanol–water partition coefficient (Wildman–Crippen LogP) is 19.8. The average molecular weight is 1700 g/mol. The Bertz CT molecular complexity index is 3790. The van der Waals surface area contributed by atoms with E-state index in [2.05, 4.69) is 344 Å². The number of carbonyl (C=O) groups excluding carboxylic acids is 2. The largest absolute Gasteiger partial charge is 0.481 e. The van der Waals surface area contributed by atoms with Crippen molar-refractivity contribution < 1.29 is 38.4 Å². The highest BCUT2D eigenvalue weighted by molar-refractivity contribution is 14.1. The van der Waals surface area contributed by atoms with Gasteiger partial charge in [0.2, 0.25) is 11.8 Å². The van der Waals surface area contributed by atoms with Crippen molar-refractivity contribution in [3.63, 3.8) is 0 Å². The predicted molar refractivity (Wildman–Crippen MR) is 493 cm³/mol. The molecule has 0 spiro atoms. The van der Waals surface area contributed by atoms with Crippen LogP contribution >= 0.6 is 22.6 Å². The number of nitrogens with one attached hydrogen (secondary N) is 2. The lowest BCUT2D eigenvalue weighted by molar-refractivity contribution is -0.141. The van der Waals surface area contributed by atoms with Crippen LogP contribution in [0.2, 0.25) is 0 Å². The Labute approximate surface area is 715 Å². The minimum absolute atomic E-state index is 0.0231. The number of carboxylic acids is 1. The summed E-state index contributed by atoms with van der Waals surface area (Å²) in [6, 6.07) is 98.5. The summed E-state index contributed by atoms with van der Waals surface area (Å²) in [6.45, 7) is 20.5. The van der Waals surface area contributed by atoms with Gasteiger partial charge in [-0.2, -0.15) is 0 Å². The first-order valence-electron chi connectivity index (χ1n) is 42.0. The average Bonchev–Trinajstić information content (AvgIpc) is 0.780. The van der Waals surface area contributed by atoms with E-state index in [1.165, 1.54) is 50.1 Å². The highest BCUT2D eigenvalue weighted by Crippen LogP contribution is 2.50. The van der Waals surface area contributed by atoms with Gasteiger partial charge in [0, 0.05) is 61.3 Å². The van der Waals surface area contributed by atoms with E-state index >= 15 is 0 Å². The number of alkyl halides is 1. The molecular weight excluding hydrogens is 1570 g/mol. The van der Waals surface area contributed by atoms with E-state index in [1.807, 2.05) is 43.9 Å². The second kappa shape index (κ2) is 58.2. The molecule has 6 unspecified atom stereocenters. The third-order valence-corrected chi connectivity index (χ3v) is 21.7. The van der Waals surface area contributed by atoms with Crippen molar-refractivity contribution in [2.75, 3.05) is 118 Å². The van der Waals surface area contributed by atoms with E-state index in [-0.39, 0.29) is 39.9 Å². The quantitative estimate of drug-likeness (QED) is 0.0105. The molecule has 9 rings (SSSR count). The number of rotatable bonds is 47. The Balaban J connectivity index is 0.000000387. The van der Waals surface area contributed by atoms with Crippen LogP contribution in [-0.4, -0.2) is 152 Å². The van der Waals surface area contributed by atoms with Crippen LogP contribution in [0, 0.1) is 17.8 Å². The minimum Gasteiger partial charge on any atom is -0.481 e. The van der Waals surface area contributed by atoms with E-state index in [0.29, 0.717) is 116 Å². The smallest absolute Gasteiger partial charge is 0.306 e. The number of hydrogen-bond acceptors (Lipinski definition) is 12. The molecule has 0 saturated carbocycles. The molecule has 0 bridgehead atoms. The summed E-state index contributed by atoms with van der Waals surface area (Å²) in [6.07, 6.45) is 8.67. The first-order chi connectivity index (χ1) is 57.0. The molecule has 0 saturated heterocycles. The fourth-order valence-electron chi connectivity index (χ4n) is 15.7. The summed E-state index contributed by atoms with van der Waals surface area (Å²) >= 11 is 2.15. The molecule has 117 heavy (non-hydrogen) atoms. The molecule has 630 valence electrons. The summed E-state index contributed by atoms with van der Waals surface area (Å²) in [5.41, 5.74) is 20.5. The number of amides is 2. The third kappa shape index (κ3) is 34.2. The van der Waals surface area contributed by atoms with Gasteiger partial charge in [0.1, 0.15) is 0 Å². The van der Waals surface area contributed by atoms with Gasteiger partial charge in [-0.25, -0.2) is 9.98 Å². The van der Waals surface area contributed by atoms with Crippen molar-refractivity contribution in [2.24, 2.45) is 39.2 Å². The molecule has 0 heterocycles. The van der Waals surface area contributed by atoms with Crippen molar-refractivity contribution in [3.8, 4) is 0 Å². The van der Waals surface area contributed by atoms with Gasteiger partial charge in [-0.1, -0.05) is 337 Å². The number of ether oxygens (including phenoxy) is 4. The molecule has 0 fully saturated rings. The highest BCUT2D eigenvalue weighted by Gasteiger charge is 2.43. The van der Waals surface area contributed by atoms with Crippen molar-refractivity contribution in [2.45, 2.75) is 140 Å². The number of hydrogen-bond donors (Lipinski definition) is 5. The molecule has 0 aliphatic heterocycles. The van der Waals surface area contributed by atoms with E-state index in [1.54, 1.807) is 7.05 Å². The van der Waals surface area contributed by atoms with E-state index in [0.717, 1.165) is 58.0 Å². The van der Waals surface area contributed by atoms with Crippen LogP contribution in [0.1, 0.15) is 174 Å². The Hall–Kier alpha value is -8.78. The molecule has 0 aliphatic carbocycles. The normalized spacial score (nSPS) is 12.7. The van der Waals surface area contributed by atoms with E-state index in [9.17, 15) is 19.5 Å². The number of aliphatic carboxylic acids is 1. The lowest BCUT2D eigenvalue weighted by Gasteiger charge is -2.40. The van der Waals surface area contributed by atoms with Gasteiger partial charge < -0.3 is 51.1 Å². The maximum Gasteiger partial charge on any atom is 0.306 e. The molecule has 6 atom stereocenters. The van der Waals surface area contributed by atoms with Gasteiger partial charge in [0.05, 0.1) is 71.3 Å². The Kier molecular flexibility index (Phi) is 49.1. The number of carbonyl (C=O) groups is 3. The minimum atomic E-state index is -0.742. The molecule has 9 aromatic carbocycles. The van der Waals surface area contributed by atoms with Gasteiger partial charge in [0.15, 0.2) is 0 Å². The fraction of sp³-hybridized carbons (Fsp3) is 0.426. The molecule has 9 aromatic rings. The number of halogens is 1. The molecular formula is C101H136IN7O8. The Morgan fingerprint density at radius 3 is 0.880 bits per heavy atom. The van der Waals surface area contributed by atoms with E-state index in [4.69, 9.17) is 30.4 Å². The van der Waals surface area contributed by atoms with Crippen LogP contribution < -0.4 is 22.1 Å². The molecule has 16 heteroatoms. The molecule has 0 radical (unpaired) electrons. The number of carboxylic acid groups (broad SMARTS) is 1. The Morgan fingerprint density at radius 1 is 0.402 bits per heavy atom. The van der Waals surface area contributed by atoms with Crippen molar-refractivity contribution in [1.82, 2.24) is 15.5 Å². The maximum atomic E-state index is 13.7. The summed E-state index contributed by atoms with van der Waals surface area (Å²) in [5, 5.41) is 16.0. The molecule has 15 nitrogen and oxygen atoms in total. The van der Waals surface area contributed by atoms with Crippen LogP contribution in [-0.2, 0) is 49.6 Å². The van der Waals surface area contributed by atoms with Gasteiger partial charge in [-0.05, 0) is 158 Å². The number of benzene rings is 9. The van der Waals surface area contributed by atoms with Crippen LogP contribution in [0.15, 0.2) is 283 Å². The molecule has 0 aliphatic rings. The fourth-order valence-corrected chi connectivity index (χ4v) is 15.7. The van der Waals surface area contributed by atoms with Gasteiger partial charge in [-0.15, -0.1) is 0 Å². The van der Waals surface area contributed by atoms with Crippen LogP contribution in [0.4, 0.5) is 0 Å². The second-order valence-corrected chi connectivity index (χ2v) is 30.2. The standard InChI is InChI=1S/C60H72N2O4.C27H30O2.C7H15N3.C6H16N2O2.CH3I/c1-5-49(51-25-13-7-14-26-51)45-59(53-29-17-9-18-30-53,54-31-19-10-20-32-54)43-47(3)57(63)61-37-39-65-41-42-66-40-38-62-58(64)48(4)44-60(55-33-21-11-22-34-55,56-35-23-12-24-36-56)46-50(6-2)52-27-15-8-16-28-52;1-3-22(23-13-7-4-8-14-23)20-27(19-21(2)26(28)29,24-15-9-5-10-16-24)25-17-11-6-12-18-25;1-8-7-9-5-4-6-10(2)3;7-1-3-9-5-6-10-4-2-8;1-2/h7-36,47-50H,5-6,37-46H2,1-4H3,(H,61,63)(H,62,64);4-18,21-22H,3,19-20H2,1-2H3,(H,28,29);4-6H2,1-3H3;1-8H2;1H3. The zero-order valence-corrected chi connectivity index (χ0v) is 73.8. The van der Waals surface area contributed by atoms with Crippen LogP contribution in [0.3, 0.4) is 0 Å². The third-order valence-electron chi connectivity index (χ3n) is 21.7. The number of aliphatic imine (C=N–C) groups is 2. The first kappa shape index (κ1) is 98.8. The topological polar surface area (TPSA) is 212 Å². The summed E-state index contributed by atoms with van der Waals surface area (Å²) in [5.74, 6) is -0.621. The maximum absolute atomic E-state index is 13.7. The van der Waals surface area contributed by atoms with Crippen LogP contribution in [0.5, 0.6) is 0 Å². The number of nitrogens with zero attached hydrogens (tertiary/aromatic N) is 3. The monoisotopic (exact) mass is 1700 g/mol. The number of nitrogens with two attached hydrogens (primary N) is 2. The zero-order chi connectivity index (χ0) is 84.6. The summed E-state index contributed by atoms with van der Waals surface area (Å²) in [7, 11) is 5.78. The Morgan fingerprint density at radius 2 is 0.650 bits per heavy atom. The van der Waals surface area contributed by atoms with Gasteiger partial charge in [0.25, 0.3) is 0 Å². The summed E-state index contributed by atoms with van der Waals surface area (Å²) in [4.78, 5) is 51.0. The molecule has 7 N–H and O–H groups in total. The SMILES string of the molecule is CCC(CC(CC(C)C(=O)NCCOCCOCCNC(=O)C(C)CC(CC(CC)c1ccccc1)(c1ccccc1)c1ccccc1)(c1ccccc1)c1ccccc1)c1ccccc1.CCC(CC(CC(C)C(=O)O)(c1ccccc1)c1ccccc1)c1ccccc1.CI.CN=C=NCCCN(C)C.NCCOCCOCCN. The molecule has 0 aromatic heterocycles. The van der Waals surface area contributed by atoms with Crippen molar-refractivity contribution in [3.05, 3.63) is 323 Å². The van der Waals surface area contributed by atoms with Gasteiger partial charge in [-0.3, -0.25) is 14.4 Å². The second-order valence-electron chi connectivity index (χ2n) is 30.2. The molecule has 2 amide bonds. The van der Waals surface area contributed by atoms with Crippen LogP contribution in [0.25, 0.3) is 0 Å². The summed E-state index contributed by atoms with van der Waals surface area (Å²) < 4.78 is 21.8. The lowest BCUT2D eigenvalue weighted by atomic mass is 9.63. The van der Waals surface area contributed by atoms with Crippen molar-refractivity contribution in [1.29, 1.82) is 0 Å². The first-order valence-corrected chi connectivity index (χ1v) is 44.2. The van der Waals surface area contributed by atoms with Crippen molar-refractivity contribution >= 4 is 46.4 Å². The van der Waals surface area contributed by atoms with E-state index < -0.39 is 11.9 Å². The lowest BCUT2D eigenvalue weighted by Crippen LogP contribution is -2.39. The highest BCUT2D eigenvalue weighted by atomic mass is 127. The van der Waals surface area contributed by atoms with Gasteiger partial charge >= 0.3 is 5.97 Å².